The summed E-state index contributed by atoms with van der Waals surface area (Å²) in [6.07, 6.45) is -0.361. The normalized spacial score (nSPS) is 18.5. The van der Waals surface area contributed by atoms with Crippen molar-refractivity contribution in [3.63, 3.8) is 0 Å². The van der Waals surface area contributed by atoms with E-state index in [-0.39, 0.29) is 24.4 Å². The predicted molar refractivity (Wildman–Crippen MR) is 79.1 cm³/mol. The molecule has 1 atom stereocenters. The van der Waals surface area contributed by atoms with Crippen LogP contribution in [0.15, 0.2) is 24.3 Å². The lowest BCUT2D eigenvalue weighted by atomic mass is 10.2. The van der Waals surface area contributed by atoms with E-state index in [0.717, 1.165) is 12.2 Å². The molecular formula is C14H21ClN2O2. The number of carbonyl (C=O) groups excluding carboxylic acids is 1. The summed E-state index contributed by atoms with van der Waals surface area (Å²) in [5, 5.41) is 3.18. The summed E-state index contributed by atoms with van der Waals surface area (Å²) in [6.45, 7) is 6.69. The summed E-state index contributed by atoms with van der Waals surface area (Å²) in [5.41, 5.74) is 2.13. The van der Waals surface area contributed by atoms with Gasteiger partial charge in [0.1, 0.15) is 6.10 Å². The molecule has 1 aromatic carbocycles. The number of anilines is 1. The average Bonchev–Trinajstić information content (AvgIpc) is 2.42. The van der Waals surface area contributed by atoms with Crippen molar-refractivity contribution in [3.05, 3.63) is 29.8 Å². The number of hydrogen-bond acceptors (Lipinski definition) is 3. The Kier molecular flexibility index (Phi) is 6.28. The van der Waals surface area contributed by atoms with Gasteiger partial charge in [0.25, 0.3) is 5.91 Å². The van der Waals surface area contributed by atoms with E-state index >= 15 is 0 Å². The van der Waals surface area contributed by atoms with Gasteiger partial charge in [0.05, 0.1) is 6.61 Å². The SMILES string of the molecule is CCN(C(=O)C1CNCCO1)c1ccc(C)cc1.Cl. The van der Waals surface area contributed by atoms with Crippen LogP contribution in [0.1, 0.15) is 12.5 Å². The summed E-state index contributed by atoms with van der Waals surface area (Å²) >= 11 is 0. The highest BCUT2D eigenvalue weighted by atomic mass is 35.5. The minimum atomic E-state index is -0.361. The molecule has 1 aliphatic rings. The van der Waals surface area contributed by atoms with Crippen LogP contribution in [0.3, 0.4) is 0 Å². The number of rotatable bonds is 3. The number of halogens is 1. The van der Waals surface area contributed by atoms with Gasteiger partial charge in [0.15, 0.2) is 0 Å². The molecule has 1 unspecified atom stereocenters. The van der Waals surface area contributed by atoms with Crippen LogP contribution in [-0.4, -0.2) is 38.3 Å². The van der Waals surface area contributed by atoms with Crippen molar-refractivity contribution in [2.45, 2.75) is 20.0 Å². The van der Waals surface area contributed by atoms with E-state index in [9.17, 15) is 4.79 Å². The Labute approximate surface area is 120 Å². The second-order valence-corrected chi connectivity index (χ2v) is 4.48. The summed E-state index contributed by atoms with van der Waals surface area (Å²) < 4.78 is 5.51. The van der Waals surface area contributed by atoms with Gasteiger partial charge in [-0.15, -0.1) is 12.4 Å². The van der Waals surface area contributed by atoms with Crippen molar-refractivity contribution < 1.29 is 9.53 Å². The van der Waals surface area contributed by atoms with E-state index < -0.39 is 0 Å². The molecule has 4 nitrogen and oxygen atoms in total. The van der Waals surface area contributed by atoms with Crippen molar-refractivity contribution in [3.8, 4) is 0 Å². The Morgan fingerprint density at radius 1 is 1.42 bits per heavy atom. The summed E-state index contributed by atoms with van der Waals surface area (Å²) in [4.78, 5) is 14.2. The van der Waals surface area contributed by atoms with Crippen LogP contribution in [0, 0.1) is 6.92 Å². The van der Waals surface area contributed by atoms with Crippen molar-refractivity contribution in [2.75, 3.05) is 31.1 Å². The fourth-order valence-electron chi connectivity index (χ4n) is 2.09. The van der Waals surface area contributed by atoms with E-state index in [4.69, 9.17) is 4.74 Å². The van der Waals surface area contributed by atoms with Crippen LogP contribution in [0.2, 0.25) is 0 Å². The zero-order valence-electron chi connectivity index (χ0n) is 11.4. The molecule has 1 N–H and O–H groups in total. The predicted octanol–water partition coefficient (Wildman–Crippen LogP) is 1.76. The largest absolute Gasteiger partial charge is 0.366 e. The van der Waals surface area contributed by atoms with Crippen LogP contribution in [-0.2, 0) is 9.53 Å². The van der Waals surface area contributed by atoms with Gasteiger partial charge in [0, 0.05) is 25.3 Å². The Balaban J connectivity index is 0.00000180. The first-order chi connectivity index (χ1) is 8.72. The van der Waals surface area contributed by atoms with E-state index in [0.29, 0.717) is 19.7 Å². The molecule has 5 heteroatoms. The number of nitrogens with one attached hydrogen (secondary N) is 1. The lowest BCUT2D eigenvalue weighted by Crippen LogP contribution is -2.49. The summed E-state index contributed by atoms with van der Waals surface area (Å²) in [6, 6.07) is 8.00. The Morgan fingerprint density at radius 3 is 2.63 bits per heavy atom. The van der Waals surface area contributed by atoms with Gasteiger partial charge in [-0.05, 0) is 26.0 Å². The quantitative estimate of drug-likeness (QED) is 0.920. The molecular weight excluding hydrogens is 264 g/mol. The average molecular weight is 285 g/mol. The van der Waals surface area contributed by atoms with Gasteiger partial charge in [0.2, 0.25) is 0 Å². The minimum Gasteiger partial charge on any atom is -0.366 e. The van der Waals surface area contributed by atoms with Gasteiger partial charge < -0.3 is 15.0 Å². The maximum Gasteiger partial charge on any atom is 0.257 e. The molecule has 1 saturated heterocycles. The number of amides is 1. The Bertz CT molecular complexity index is 402. The molecule has 1 fully saturated rings. The van der Waals surface area contributed by atoms with E-state index in [1.165, 1.54) is 5.56 Å². The fraction of sp³-hybridized carbons (Fsp3) is 0.500. The molecule has 106 valence electrons. The summed E-state index contributed by atoms with van der Waals surface area (Å²) in [5.74, 6) is 0.0357. The van der Waals surface area contributed by atoms with Gasteiger partial charge in [-0.1, -0.05) is 17.7 Å². The molecule has 0 aliphatic carbocycles. The van der Waals surface area contributed by atoms with E-state index in [1.807, 2.05) is 38.1 Å². The second-order valence-electron chi connectivity index (χ2n) is 4.48. The third-order valence-corrected chi connectivity index (χ3v) is 3.13. The van der Waals surface area contributed by atoms with Gasteiger partial charge >= 0.3 is 0 Å². The van der Waals surface area contributed by atoms with E-state index in [1.54, 1.807) is 4.90 Å². The first-order valence-corrected chi connectivity index (χ1v) is 6.42. The molecule has 0 saturated carbocycles. The molecule has 2 rings (SSSR count). The van der Waals surface area contributed by atoms with Crippen LogP contribution in [0.25, 0.3) is 0 Å². The monoisotopic (exact) mass is 284 g/mol. The highest BCUT2D eigenvalue weighted by Gasteiger charge is 2.26. The number of morpholine rings is 1. The fourth-order valence-corrected chi connectivity index (χ4v) is 2.09. The van der Waals surface area contributed by atoms with Crippen LogP contribution >= 0.6 is 12.4 Å². The molecule has 0 bridgehead atoms. The number of benzene rings is 1. The molecule has 1 aromatic rings. The smallest absolute Gasteiger partial charge is 0.257 e. The molecule has 1 amide bonds. The Hall–Kier alpha value is -1.10. The third-order valence-electron chi connectivity index (χ3n) is 3.13. The standard InChI is InChI=1S/C14H20N2O2.ClH/c1-3-16(12-6-4-11(2)5-7-12)14(17)13-10-15-8-9-18-13;/h4-7,13,15H,3,8-10H2,1-2H3;1H. The van der Waals surface area contributed by atoms with Crippen LogP contribution in [0.4, 0.5) is 5.69 Å². The van der Waals surface area contributed by atoms with Crippen LogP contribution in [0.5, 0.6) is 0 Å². The van der Waals surface area contributed by atoms with Crippen molar-refractivity contribution in [1.82, 2.24) is 5.32 Å². The highest BCUT2D eigenvalue weighted by Crippen LogP contribution is 2.17. The topological polar surface area (TPSA) is 41.6 Å². The first kappa shape index (κ1) is 16.0. The molecule has 1 aliphatic heterocycles. The second kappa shape index (κ2) is 7.48. The zero-order valence-corrected chi connectivity index (χ0v) is 12.2. The number of likely N-dealkylation sites (N-methyl/N-ethyl adjacent to an activating group) is 1. The van der Waals surface area contributed by atoms with Gasteiger partial charge in [-0.25, -0.2) is 0 Å². The Morgan fingerprint density at radius 2 is 2.11 bits per heavy atom. The van der Waals surface area contributed by atoms with Crippen molar-refractivity contribution in [1.29, 1.82) is 0 Å². The highest BCUT2D eigenvalue weighted by molar-refractivity contribution is 5.96. The maximum absolute atomic E-state index is 12.4. The van der Waals surface area contributed by atoms with Crippen LogP contribution < -0.4 is 10.2 Å². The number of ether oxygens (including phenoxy) is 1. The maximum atomic E-state index is 12.4. The number of nitrogens with zero attached hydrogens (tertiary/aromatic N) is 1. The minimum absolute atomic E-state index is 0. The summed E-state index contributed by atoms with van der Waals surface area (Å²) in [7, 11) is 0. The molecule has 0 radical (unpaired) electrons. The molecule has 0 aromatic heterocycles. The van der Waals surface area contributed by atoms with Gasteiger partial charge in [-0.3, -0.25) is 4.79 Å². The third kappa shape index (κ3) is 3.93. The lowest BCUT2D eigenvalue weighted by molar-refractivity contribution is -0.131. The zero-order chi connectivity index (χ0) is 13.0. The lowest BCUT2D eigenvalue weighted by Gasteiger charge is -2.29. The molecule has 1 heterocycles. The number of aryl methyl sites for hydroxylation is 1. The van der Waals surface area contributed by atoms with Crippen molar-refractivity contribution in [2.24, 2.45) is 0 Å². The number of carbonyl (C=O) groups is 1. The van der Waals surface area contributed by atoms with Gasteiger partial charge in [-0.2, -0.15) is 0 Å². The molecule has 0 spiro atoms. The van der Waals surface area contributed by atoms with E-state index in [2.05, 4.69) is 5.32 Å². The first-order valence-electron chi connectivity index (χ1n) is 6.42. The number of hydrogen-bond donors (Lipinski definition) is 1. The van der Waals surface area contributed by atoms with Crippen molar-refractivity contribution >= 4 is 24.0 Å². The molecule has 19 heavy (non-hydrogen) atoms.